The molecular formula is C17H14O3. The maximum Gasteiger partial charge on any atom is 0.161 e. The summed E-state index contributed by atoms with van der Waals surface area (Å²) in [7, 11) is 1.63. The first-order chi connectivity index (χ1) is 9.80. The van der Waals surface area contributed by atoms with Crippen molar-refractivity contribution in [1.29, 1.82) is 0 Å². The van der Waals surface area contributed by atoms with Crippen molar-refractivity contribution in [2.45, 2.75) is 0 Å². The zero-order valence-corrected chi connectivity index (χ0v) is 11.2. The molecule has 0 amide bonds. The van der Waals surface area contributed by atoms with Crippen molar-refractivity contribution in [1.82, 2.24) is 0 Å². The van der Waals surface area contributed by atoms with Crippen LogP contribution in [0.5, 0.6) is 17.2 Å². The van der Waals surface area contributed by atoms with Crippen LogP contribution in [0.3, 0.4) is 0 Å². The molecule has 0 aliphatic carbocycles. The van der Waals surface area contributed by atoms with Gasteiger partial charge in [0.1, 0.15) is 19.0 Å². The van der Waals surface area contributed by atoms with Crippen LogP contribution in [-0.2, 0) is 0 Å². The highest BCUT2D eigenvalue weighted by Gasteiger charge is 2.13. The fourth-order valence-corrected chi connectivity index (χ4v) is 2.19. The predicted molar refractivity (Wildman–Crippen MR) is 77.4 cm³/mol. The van der Waals surface area contributed by atoms with Gasteiger partial charge in [-0.15, -0.1) is 6.42 Å². The van der Waals surface area contributed by atoms with Crippen molar-refractivity contribution in [3.63, 3.8) is 0 Å². The smallest absolute Gasteiger partial charge is 0.161 e. The van der Waals surface area contributed by atoms with Gasteiger partial charge in [0.25, 0.3) is 0 Å². The maximum atomic E-state index is 5.60. The second-order valence-electron chi connectivity index (χ2n) is 4.45. The molecule has 1 aliphatic rings. The third kappa shape index (κ3) is 2.28. The van der Waals surface area contributed by atoms with E-state index >= 15 is 0 Å². The van der Waals surface area contributed by atoms with Crippen LogP contribution in [0.1, 0.15) is 5.56 Å². The Morgan fingerprint density at radius 3 is 2.55 bits per heavy atom. The number of rotatable bonds is 2. The molecular weight excluding hydrogens is 252 g/mol. The number of ether oxygens (including phenoxy) is 3. The molecule has 0 N–H and O–H groups in total. The number of benzene rings is 2. The first-order valence-corrected chi connectivity index (χ1v) is 6.36. The van der Waals surface area contributed by atoms with E-state index in [9.17, 15) is 0 Å². The zero-order chi connectivity index (χ0) is 13.9. The monoisotopic (exact) mass is 266 g/mol. The summed E-state index contributed by atoms with van der Waals surface area (Å²) in [6.07, 6.45) is 5.48. The molecule has 100 valence electrons. The zero-order valence-electron chi connectivity index (χ0n) is 11.2. The minimum Gasteiger partial charge on any atom is -0.497 e. The van der Waals surface area contributed by atoms with Gasteiger partial charge in [-0.1, -0.05) is 12.0 Å². The predicted octanol–water partition coefficient (Wildman–Crippen LogP) is 3.11. The van der Waals surface area contributed by atoms with E-state index in [1.807, 2.05) is 36.4 Å². The average Bonchev–Trinajstić information content (AvgIpc) is 2.53. The van der Waals surface area contributed by atoms with Crippen molar-refractivity contribution in [3.05, 3.63) is 42.0 Å². The Balaban J connectivity index is 2.06. The normalized spacial score (nSPS) is 12.6. The molecule has 0 saturated carbocycles. The molecule has 0 spiro atoms. The van der Waals surface area contributed by atoms with E-state index in [0.717, 1.165) is 33.9 Å². The van der Waals surface area contributed by atoms with Gasteiger partial charge in [-0.05, 0) is 41.5 Å². The summed E-state index contributed by atoms with van der Waals surface area (Å²) >= 11 is 0. The van der Waals surface area contributed by atoms with Gasteiger partial charge >= 0.3 is 0 Å². The molecule has 0 bridgehead atoms. The Labute approximate surface area is 118 Å². The van der Waals surface area contributed by atoms with Crippen molar-refractivity contribution < 1.29 is 14.2 Å². The second-order valence-corrected chi connectivity index (χ2v) is 4.45. The van der Waals surface area contributed by atoms with Crippen LogP contribution in [0.4, 0.5) is 0 Å². The Morgan fingerprint density at radius 1 is 1.00 bits per heavy atom. The Kier molecular flexibility index (Phi) is 3.22. The molecule has 0 unspecified atom stereocenters. The fraction of sp³-hybridized carbons (Fsp3) is 0.176. The Hall–Kier alpha value is -2.60. The molecule has 3 heteroatoms. The van der Waals surface area contributed by atoms with Gasteiger partial charge in [-0.25, -0.2) is 0 Å². The van der Waals surface area contributed by atoms with Crippen LogP contribution < -0.4 is 14.2 Å². The number of hydrogen-bond donors (Lipinski definition) is 0. The van der Waals surface area contributed by atoms with Crippen LogP contribution in [0.25, 0.3) is 11.1 Å². The van der Waals surface area contributed by atoms with Crippen LogP contribution in [0, 0.1) is 12.3 Å². The van der Waals surface area contributed by atoms with Gasteiger partial charge in [-0.3, -0.25) is 0 Å². The summed E-state index contributed by atoms with van der Waals surface area (Å²) in [5.74, 6) is 4.92. The summed E-state index contributed by atoms with van der Waals surface area (Å²) in [6, 6.07) is 11.6. The van der Waals surface area contributed by atoms with Gasteiger partial charge < -0.3 is 14.2 Å². The van der Waals surface area contributed by atoms with Crippen LogP contribution in [0.2, 0.25) is 0 Å². The quantitative estimate of drug-likeness (QED) is 0.782. The van der Waals surface area contributed by atoms with E-state index in [1.54, 1.807) is 7.11 Å². The largest absolute Gasteiger partial charge is 0.497 e. The van der Waals surface area contributed by atoms with Crippen LogP contribution >= 0.6 is 0 Å². The molecule has 0 radical (unpaired) electrons. The SMILES string of the molecule is C#Cc1cc(OC)cc(-c2ccc3c(c2)OCCO3)c1. The third-order valence-corrected chi connectivity index (χ3v) is 3.18. The van der Waals surface area contributed by atoms with E-state index < -0.39 is 0 Å². The number of methoxy groups -OCH3 is 1. The fourth-order valence-electron chi connectivity index (χ4n) is 2.19. The molecule has 1 heterocycles. The molecule has 3 nitrogen and oxygen atoms in total. The highest BCUT2D eigenvalue weighted by molar-refractivity contribution is 5.70. The lowest BCUT2D eigenvalue weighted by atomic mass is 10.0. The lowest BCUT2D eigenvalue weighted by molar-refractivity contribution is 0.171. The van der Waals surface area contributed by atoms with Gasteiger partial charge in [0.2, 0.25) is 0 Å². The molecule has 2 aromatic rings. The van der Waals surface area contributed by atoms with Crippen molar-refractivity contribution in [2.75, 3.05) is 20.3 Å². The summed E-state index contributed by atoms with van der Waals surface area (Å²) < 4.78 is 16.4. The van der Waals surface area contributed by atoms with Gasteiger partial charge in [0, 0.05) is 5.56 Å². The third-order valence-electron chi connectivity index (χ3n) is 3.18. The van der Waals surface area contributed by atoms with Crippen molar-refractivity contribution in [3.8, 4) is 40.7 Å². The van der Waals surface area contributed by atoms with E-state index in [-0.39, 0.29) is 0 Å². The summed E-state index contributed by atoms with van der Waals surface area (Å²) in [5.41, 5.74) is 2.80. The van der Waals surface area contributed by atoms with Crippen LogP contribution in [-0.4, -0.2) is 20.3 Å². The topological polar surface area (TPSA) is 27.7 Å². The van der Waals surface area contributed by atoms with Gasteiger partial charge in [0.05, 0.1) is 7.11 Å². The highest BCUT2D eigenvalue weighted by Crippen LogP contribution is 2.35. The first kappa shape index (κ1) is 12.4. The molecule has 0 aromatic heterocycles. The van der Waals surface area contributed by atoms with Crippen molar-refractivity contribution in [2.24, 2.45) is 0 Å². The minimum atomic E-state index is 0.574. The number of terminal acetylenes is 1. The van der Waals surface area contributed by atoms with Gasteiger partial charge in [-0.2, -0.15) is 0 Å². The standard InChI is InChI=1S/C17H14O3/c1-3-12-8-14(10-15(9-12)18-2)13-4-5-16-17(11-13)20-7-6-19-16/h1,4-5,8-11H,6-7H2,2H3. The molecule has 3 rings (SSSR count). The molecule has 2 aromatic carbocycles. The Morgan fingerprint density at radius 2 is 1.80 bits per heavy atom. The molecule has 0 fully saturated rings. The minimum absolute atomic E-state index is 0.574. The first-order valence-electron chi connectivity index (χ1n) is 6.36. The van der Waals surface area contributed by atoms with E-state index in [2.05, 4.69) is 5.92 Å². The summed E-state index contributed by atoms with van der Waals surface area (Å²) in [6.45, 7) is 1.16. The molecule has 0 atom stereocenters. The van der Waals surface area contributed by atoms with E-state index in [4.69, 9.17) is 20.6 Å². The Bertz CT molecular complexity index is 683. The number of fused-ring (bicyclic) bond motifs is 1. The molecule has 1 aliphatic heterocycles. The van der Waals surface area contributed by atoms with Gasteiger partial charge in [0.15, 0.2) is 11.5 Å². The lowest BCUT2D eigenvalue weighted by Crippen LogP contribution is -2.15. The summed E-state index contributed by atoms with van der Waals surface area (Å²) in [4.78, 5) is 0. The lowest BCUT2D eigenvalue weighted by Gasteiger charge is -2.19. The van der Waals surface area contributed by atoms with E-state index in [1.165, 1.54) is 0 Å². The molecule has 20 heavy (non-hydrogen) atoms. The highest BCUT2D eigenvalue weighted by atomic mass is 16.6. The summed E-state index contributed by atoms with van der Waals surface area (Å²) in [5, 5.41) is 0. The van der Waals surface area contributed by atoms with Crippen molar-refractivity contribution >= 4 is 0 Å². The maximum absolute atomic E-state index is 5.60. The number of hydrogen-bond acceptors (Lipinski definition) is 3. The molecule has 0 saturated heterocycles. The second kappa shape index (κ2) is 5.18. The average molecular weight is 266 g/mol. The van der Waals surface area contributed by atoms with Crippen LogP contribution in [0.15, 0.2) is 36.4 Å². The van der Waals surface area contributed by atoms with E-state index in [0.29, 0.717) is 13.2 Å².